The fourth-order valence-electron chi connectivity index (χ4n) is 2.41. The van der Waals surface area contributed by atoms with Crippen molar-refractivity contribution in [2.24, 2.45) is 0 Å². The van der Waals surface area contributed by atoms with Gasteiger partial charge in [0.15, 0.2) is 0 Å². The molecule has 0 unspecified atom stereocenters. The lowest BCUT2D eigenvalue weighted by Gasteiger charge is -2.27. The quantitative estimate of drug-likeness (QED) is 0.774. The van der Waals surface area contributed by atoms with Crippen molar-refractivity contribution < 1.29 is 27.8 Å². The number of carbonyl (C=O) groups is 2. The van der Waals surface area contributed by atoms with Gasteiger partial charge in [0, 0.05) is 12.0 Å². The molecule has 25 heavy (non-hydrogen) atoms. The van der Waals surface area contributed by atoms with Gasteiger partial charge in [-0.1, -0.05) is 30.3 Å². The highest BCUT2D eigenvalue weighted by atomic mass is 19.3. The van der Waals surface area contributed by atoms with Crippen LogP contribution in [-0.2, 0) is 20.9 Å². The van der Waals surface area contributed by atoms with Gasteiger partial charge < -0.3 is 9.47 Å². The monoisotopic (exact) mass is 353 g/mol. The van der Waals surface area contributed by atoms with Crippen LogP contribution in [0.15, 0.2) is 42.0 Å². The van der Waals surface area contributed by atoms with E-state index in [0.717, 1.165) is 10.5 Å². The summed E-state index contributed by atoms with van der Waals surface area (Å²) in [6, 6.07) is 7.86. The molecule has 0 bridgehead atoms. The van der Waals surface area contributed by atoms with E-state index >= 15 is 0 Å². The van der Waals surface area contributed by atoms with Crippen LogP contribution in [0.5, 0.6) is 0 Å². The van der Waals surface area contributed by atoms with Crippen molar-refractivity contribution >= 4 is 12.1 Å². The highest BCUT2D eigenvalue weighted by Gasteiger charge is 2.41. The Morgan fingerprint density at radius 1 is 1.20 bits per heavy atom. The molecule has 0 N–H and O–H groups in total. The van der Waals surface area contributed by atoms with Gasteiger partial charge >= 0.3 is 12.1 Å². The molecule has 0 saturated carbocycles. The maximum absolute atomic E-state index is 13.0. The van der Waals surface area contributed by atoms with Gasteiger partial charge in [0.05, 0.1) is 6.54 Å². The van der Waals surface area contributed by atoms with Crippen molar-refractivity contribution in [1.29, 1.82) is 0 Å². The molecule has 1 aromatic carbocycles. The van der Waals surface area contributed by atoms with Crippen molar-refractivity contribution in [2.75, 3.05) is 6.54 Å². The predicted octanol–water partition coefficient (Wildman–Crippen LogP) is 3.89. The molecule has 0 radical (unpaired) electrons. The molecule has 0 aromatic heterocycles. The molecule has 0 aliphatic carbocycles. The summed E-state index contributed by atoms with van der Waals surface area (Å²) in [6.45, 7) is 4.65. The molecule has 1 heterocycles. The Labute approximate surface area is 145 Å². The van der Waals surface area contributed by atoms with E-state index in [2.05, 4.69) is 0 Å². The minimum Gasteiger partial charge on any atom is -0.459 e. The Bertz CT molecular complexity index is 663. The number of esters is 1. The number of hydrogen-bond donors (Lipinski definition) is 0. The minimum atomic E-state index is -1.88. The minimum absolute atomic E-state index is 0.00941. The second-order valence-electron chi connectivity index (χ2n) is 6.79. The number of ether oxygens (including phenoxy) is 2. The normalized spacial score (nSPS) is 17.4. The molecule has 1 saturated heterocycles. The number of benzene rings is 1. The molecule has 1 atom stereocenters. The number of carbonyl (C=O) groups excluding carboxylic acids is 2. The van der Waals surface area contributed by atoms with E-state index in [0.29, 0.717) is 0 Å². The van der Waals surface area contributed by atoms with E-state index in [1.807, 2.05) is 6.07 Å². The third kappa shape index (κ3) is 5.27. The zero-order valence-electron chi connectivity index (χ0n) is 14.4. The van der Waals surface area contributed by atoms with Gasteiger partial charge in [-0.25, -0.2) is 9.59 Å². The number of hydrogen-bond acceptors (Lipinski definition) is 4. The van der Waals surface area contributed by atoms with Crippen LogP contribution >= 0.6 is 0 Å². The largest absolute Gasteiger partial charge is 0.459 e. The first kappa shape index (κ1) is 18.9. The molecule has 136 valence electrons. The summed E-state index contributed by atoms with van der Waals surface area (Å²) < 4.78 is 36.3. The van der Waals surface area contributed by atoms with Gasteiger partial charge in [-0.05, 0) is 26.3 Å². The van der Waals surface area contributed by atoms with E-state index in [4.69, 9.17) is 9.47 Å². The number of halogens is 2. The summed E-state index contributed by atoms with van der Waals surface area (Å²) in [5.41, 5.74) is -0.284. The Morgan fingerprint density at radius 2 is 1.84 bits per heavy atom. The molecular formula is C18H21F2NO4. The van der Waals surface area contributed by atoms with Crippen LogP contribution < -0.4 is 0 Å². The second-order valence-corrected chi connectivity index (χ2v) is 6.79. The first-order chi connectivity index (χ1) is 11.7. The number of nitrogens with zero attached hydrogens (tertiary/aromatic N) is 1. The fourth-order valence-corrected chi connectivity index (χ4v) is 2.41. The summed E-state index contributed by atoms with van der Waals surface area (Å²) in [5.74, 6) is -0.731. The predicted molar refractivity (Wildman–Crippen MR) is 86.8 cm³/mol. The first-order valence-electron chi connectivity index (χ1n) is 7.90. The molecule has 5 nitrogen and oxygen atoms in total. The van der Waals surface area contributed by atoms with Gasteiger partial charge in [-0.15, -0.1) is 0 Å². The summed E-state index contributed by atoms with van der Waals surface area (Å²) in [6.07, 6.45) is -2.95. The molecular weight excluding hydrogens is 332 g/mol. The number of amides is 1. The van der Waals surface area contributed by atoms with E-state index in [1.165, 1.54) is 0 Å². The lowest BCUT2D eigenvalue weighted by Crippen LogP contribution is -2.44. The highest BCUT2D eigenvalue weighted by molar-refractivity contribution is 5.83. The number of likely N-dealkylation sites (tertiary alicyclic amines) is 1. The van der Waals surface area contributed by atoms with Crippen molar-refractivity contribution in [3.63, 3.8) is 0 Å². The lowest BCUT2D eigenvalue weighted by atomic mass is 10.1. The average Bonchev–Trinajstić information content (AvgIpc) is 2.98. The first-order valence-corrected chi connectivity index (χ1v) is 7.90. The van der Waals surface area contributed by atoms with Crippen LogP contribution in [0.2, 0.25) is 0 Å². The second kappa shape index (κ2) is 7.63. The zero-order valence-corrected chi connectivity index (χ0v) is 14.4. The van der Waals surface area contributed by atoms with Gasteiger partial charge in [-0.3, -0.25) is 4.90 Å². The maximum atomic E-state index is 13.0. The van der Waals surface area contributed by atoms with E-state index in [-0.39, 0.29) is 25.1 Å². The van der Waals surface area contributed by atoms with Crippen LogP contribution in [-0.4, -0.2) is 35.2 Å². The third-order valence-corrected chi connectivity index (χ3v) is 3.57. The Kier molecular flexibility index (Phi) is 5.77. The third-order valence-electron chi connectivity index (χ3n) is 3.57. The van der Waals surface area contributed by atoms with Crippen LogP contribution in [0.25, 0.3) is 0 Å². The van der Waals surface area contributed by atoms with Crippen LogP contribution in [0.1, 0.15) is 32.8 Å². The summed E-state index contributed by atoms with van der Waals surface area (Å²) in [4.78, 5) is 25.6. The Morgan fingerprint density at radius 3 is 2.40 bits per heavy atom. The van der Waals surface area contributed by atoms with Gasteiger partial charge in [-0.2, -0.15) is 8.78 Å². The SMILES string of the molecule is CC(C)(C)OC(=O)N1CC(=C(F)F)C[C@@H]1C(=O)OCc1ccccc1. The van der Waals surface area contributed by atoms with Crippen molar-refractivity contribution in [3.05, 3.63) is 47.5 Å². The van der Waals surface area contributed by atoms with Crippen LogP contribution in [0.4, 0.5) is 13.6 Å². The molecule has 1 amide bonds. The average molecular weight is 353 g/mol. The molecule has 1 aliphatic rings. The van der Waals surface area contributed by atoms with Crippen molar-refractivity contribution in [1.82, 2.24) is 4.90 Å². The standard InChI is InChI=1S/C18H21F2NO4/c1-18(2,3)25-17(23)21-10-13(15(19)20)9-14(21)16(22)24-11-12-7-5-4-6-8-12/h4-8,14H,9-11H2,1-3H3/t14-/m1/s1. The van der Waals surface area contributed by atoms with Crippen molar-refractivity contribution in [3.8, 4) is 0 Å². The molecule has 0 spiro atoms. The van der Waals surface area contributed by atoms with Gasteiger partial charge in [0.2, 0.25) is 0 Å². The highest BCUT2D eigenvalue weighted by Crippen LogP contribution is 2.29. The summed E-state index contributed by atoms with van der Waals surface area (Å²) in [5, 5.41) is 0. The van der Waals surface area contributed by atoms with E-state index in [9.17, 15) is 18.4 Å². The Balaban J connectivity index is 2.09. The summed E-state index contributed by atoms with van der Waals surface area (Å²) >= 11 is 0. The smallest absolute Gasteiger partial charge is 0.411 e. The molecule has 1 aromatic rings. The summed E-state index contributed by atoms with van der Waals surface area (Å²) in [7, 11) is 0. The van der Waals surface area contributed by atoms with E-state index < -0.39 is 29.8 Å². The van der Waals surface area contributed by atoms with E-state index in [1.54, 1.807) is 45.0 Å². The van der Waals surface area contributed by atoms with Crippen LogP contribution in [0, 0.1) is 0 Å². The van der Waals surface area contributed by atoms with Gasteiger partial charge in [0.1, 0.15) is 18.2 Å². The lowest BCUT2D eigenvalue weighted by molar-refractivity contribution is -0.150. The molecule has 2 rings (SSSR count). The molecule has 1 aliphatic heterocycles. The molecule has 1 fully saturated rings. The maximum Gasteiger partial charge on any atom is 0.411 e. The number of rotatable bonds is 3. The van der Waals surface area contributed by atoms with Crippen LogP contribution in [0.3, 0.4) is 0 Å². The molecule has 7 heteroatoms. The fraction of sp³-hybridized carbons (Fsp3) is 0.444. The zero-order chi connectivity index (χ0) is 18.6. The van der Waals surface area contributed by atoms with Gasteiger partial charge in [0.25, 0.3) is 6.08 Å². The topological polar surface area (TPSA) is 55.8 Å². The Hall–Kier alpha value is -2.44. The van der Waals surface area contributed by atoms with Crippen molar-refractivity contribution in [2.45, 2.75) is 45.4 Å².